The summed E-state index contributed by atoms with van der Waals surface area (Å²) >= 11 is 0. The number of ketones is 1. The van der Waals surface area contributed by atoms with Crippen molar-refractivity contribution in [3.05, 3.63) is 52.1 Å². The molecule has 118 valence electrons. The fraction of sp³-hybridized carbons (Fsp3) is 0.278. The van der Waals surface area contributed by atoms with Crippen molar-refractivity contribution in [3.8, 4) is 11.5 Å². The van der Waals surface area contributed by atoms with Crippen LogP contribution in [0.3, 0.4) is 0 Å². The first-order valence-electron chi connectivity index (χ1n) is 7.03. The quantitative estimate of drug-likeness (QED) is 0.466. The van der Waals surface area contributed by atoms with Gasteiger partial charge in [0, 0.05) is 10.9 Å². The molecule has 2 rings (SSSR count). The Morgan fingerprint density at radius 3 is 2.04 bits per heavy atom. The van der Waals surface area contributed by atoms with Crippen molar-refractivity contribution < 1.29 is 34.6 Å². The molecule has 0 bridgehead atoms. The molecule has 23 heavy (non-hydrogen) atoms. The first-order chi connectivity index (χ1) is 10.4. The molecule has 0 aliphatic carbocycles. The predicted molar refractivity (Wildman–Crippen MR) is 94.1 cm³/mol. The molecule has 0 amide bonds. The molecule has 0 fully saturated rings. The third-order valence-corrected chi connectivity index (χ3v) is 4.16. The number of hydrogen-bond donors (Lipinski definition) is 0. The first kappa shape index (κ1) is 19.8. The maximum Gasteiger partial charge on any atom is 1.00 e. The molecule has 0 radical (unpaired) electrons. The van der Waals surface area contributed by atoms with E-state index in [0.29, 0.717) is 22.6 Å². The van der Waals surface area contributed by atoms with E-state index < -0.39 is 0 Å². The normalized spacial score (nSPS) is 10.0. The zero-order chi connectivity index (χ0) is 16.4. The van der Waals surface area contributed by atoms with Crippen LogP contribution in [-0.2, 0) is 0 Å². The van der Waals surface area contributed by atoms with Crippen LogP contribution in [0, 0.1) is 20.8 Å². The monoisotopic (exact) mass is 324 g/mol. The minimum Gasteiger partial charge on any atom is -1.00 e. The van der Waals surface area contributed by atoms with E-state index in [4.69, 9.17) is 9.47 Å². The Morgan fingerprint density at radius 1 is 1.00 bits per heavy atom. The second-order valence-corrected chi connectivity index (χ2v) is 5.99. The van der Waals surface area contributed by atoms with Gasteiger partial charge in [0.15, 0.2) is 0 Å². The van der Waals surface area contributed by atoms with Crippen molar-refractivity contribution in [1.29, 1.82) is 0 Å². The Balaban J connectivity index is 0.00000264. The summed E-state index contributed by atoms with van der Waals surface area (Å²) in [6.45, 7) is 5.94. The van der Waals surface area contributed by atoms with Gasteiger partial charge in [0.25, 0.3) is 0 Å². The van der Waals surface area contributed by atoms with Gasteiger partial charge >= 0.3 is 18.9 Å². The van der Waals surface area contributed by atoms with E-state index in [-0.39, 0.29) is 26.1 Å². The molecule has 0 spiro atoms. The largest absolute Gasteiger partial charge is 1.00 e. The number of carbonyl (C=O) groups is 1. The average molecular weight is 324 g/mol. The summed E-state index contributed by atoms with van der Waals surface area (Å²) in [7, 11) is 5.71. The van der Waals surface area contributed by atoms with Crippen molar-refractivity contribution in [2.45, 2.75) is 20.8 Å². The van der Waals surface area contributed by atoms with Gasteiger partial charge in [-0.05, 0) is 44.0 Å². The zero-order valence-electron chi connectivity index (χ0n) is 15.6. The molecule has 2 aromatic carbocycles. The predicted octanol–water partition coefficient (Wildman–Crippen LogP) is 0.477. The van der Waals surface area contributed by atoms with Crippen LogP contribution in [0.5, 0.6) is 11.5 Å². The average Bonchev–Trinajstić information content (AvgIpc) is 2.45. The van der Waals surface area contributed by atoms with Crippen LogP contribution in [0.4, 0.5) is 0 Å². The van der Waals surface area contributed by atoms with Crippen LogP contribution in [0.25, 0.3) is 0 Å². The fourth-order valence-corrected chi connectivity index (χ4v) is 3.21. The molecule has 0 heterocycles. The van der Waals surface area contributed by atoms with E-state index in [1.807, 2.05) is 39.0 Å². The van der Waals surface area contributed by atoms with Crippen LogP contribution < -0.4 is 33.6 Å². The molecular weight excluding hydrogens is 302 g/mol. The molecule has 0 N–H and O–H groups in total. The zero-order valence-corrected chi connectivity index (χ0v) is 15.8. The number of methoxy groups -OCH3 is 2. The van der Waals surface area contributed by atoms with E-state index in [1.54, 1.807) is 20.3 Å². The van der Waals surface area contributed by atoms with E-state index in [1.165, 1.54) is 0 Å². The number of hydrogen-bond acceptors (Lipinski definition) is 3. The van der Waals surface area contributed by atoms with Gasteiger partial charge in [-0.25, -0.2) is 0 Å². The Bertz CT molecular complexity index is 724. The Morgan fingerprint density at radius 2 is 1.57 bits per heavy atom. The Kier molecular flexibility index (Phi) is 6.90. The third kappa shape index (κ3) is 3.81. The first-order valence-corrected chi connectivity index (χ1v) is 7.61. The van der Waals surface area contributed by atoms with E-state index >= 15 is 0 Å². The van der Waals surface area contributed by atoms with Crippen molar-refractivity contribution in [2.75, 3.05) is 14.2 Å². The SMILES string of the molecule is COc1ccc(P)c(OC)c1C(=O)c1c(C)cc(C)cc1C.[H-].[Li+]. The molecule has 3 nitrogen and oxygen atoms in total. The maximum absolute atomic E-state index is 13.1. The number of aryl methyl sites for hydroxylation is 3. The van der Waals surface area contributed by atoms with Gasteiger partial charge < -0.3 is 10.9 Å². The number of ether oxygens (including phenoxy) is 2. The number of carbonyl (C=O) groups excluding carboxylic acids is 1. The van der Waals surface area contributed by atoms with Gasteiger partial charge in [0.1, 0.15) is 17.1 Å². The van der Waals surface area contributed by atoms with Gasteiger partial charge in [-0.2, -0.15) is 0 Å². The topological polar surface area (TPSA) is 35.5 Å². The van der Waals surface area contributed by atoms with Crippen molar-refractivity contribution in [2.24, 2.45) is 0 Å². The van der Waals surface area contributed by atoms with Crippen molar-refractivity contribution >= 4 is 20.3 Å². The van der Waals surface area contributed by atoms with Crippen LogP contribution in [0.15, 0.2) is 24.3 Å². The van der Waals surface area contributed by atoms with Crippen LogP contribution >= 0.6 is 9.24 Å². The van der Waals surface area contributed by atoms with Gasteiger partial charge in [-0.3, -0.25) is 4.79 Å². The van der Waals surface area contributed by atoms with Crippen molar-refractivity contribution in [3.63, 3.8) is 0 Å². The molecule has 1 atom stereocenters. The summed E-state index contributed by atoms with van der Waals surface area (Å²) in [5.41, 5.74) is 4.23. The number of rotatable bonds is 4. The minimum atomic E-state index is -0.0759. The molecule has 0 aromatic heterocycles. The van der Waals surface area contributed by atoms with Crippen molar-refractivity contribution in [1.82, 2.24) is 0 Å². The molecule has 0 saturated heterocycles. The van der Waals surface area contributed by atoms with Crippen LogP contribution in [0.2, 0.25) is 0 Å². The summed E-state index contributed by atoms with van der Waals surface area (Å²) in [4.78, 5) is 13.1. The molecular formula is C18H22LiO3P. The van der Waals surface area contributed by atoms with Gasteiger partial charge in [0.2, 0.25) is 5.78 Å². The second kappa shape index (κ2) is 8.02. The smallest absolute Gasteiger partial charge is 1.00 e. The molecule has 0 aliphatic rings. The summed E-state index contributed by atoms with van der Waals surface area (Å²) in [5.74, 6) is 0.981. The number of benzene rings is 2. The molecule has 5 heteroatoms. The van der Waals surface area contributed by atoms with E-state index in [9.17, 15) is 4.79 Å². The Labute approximate surface area is 153 Å². The molecule has 2 aromatic rings. The summed E-state index contributed by atoms with van der Waals surface area (Å²) in [6.07, 6.45) is 0. The summed E-state index contributed by atoms with van der Waals surface area (Å²) in [5, 5.41) is 0.828. The minimum absolute atomic E-state index is 0. The van der Waals surface area contributed by atoms with Gasteiger partial charge in [-0.1, -0.05) is 17.7 Å². The molecule has 0 aliphatic heterocycles. The summed E-state index contributed by atoms with van der Waals surface area (Å²) in [6, 6.07) is 7.68. The summed E-state index contributed by atoms with van der Waals surface area (Å²) < 4.78 is 10.8. The van der Waals surface area contributed by atoms with Crippen LogP contribution in [0.1, 0.15) is 34.0 Å². The Hall–Kier alpha value is -1.26. The molecule has 0 saturated carbocycles. The van der Waals surface area contributed by atoms with Gasteiger partial charge in [-0.15, -0.1) is 9.24 Å². The third-order valence-electron chi connectivity index (χ3n) is 3.71. The van der Waals surface area contributed by atoms with E-state index in [2.05, 4.69) is 9.24 Å². The standard InChI is InChI=1S/C18H21O3P.Li.H/c1-10-8-11(2)15(12(3)9-10)17(19)16-13(20-4)6-7-14(22)18(16)21-5;;/h6-9H,22H2,1-5H3;;/q;+1;-1. The van der Waals surface area contributed by atoms with Gasteiger partial charge in [0.05, 0.1) is 14.2 Å². The van der Waals surface area contributed by atoms with Crippen LogP contribution in [-0.4, -0.2) is 20.0 Å². The fourth-order valence-electron chi connectivity index (χ4n) is 2.85. The molecule has 1 unspecified atom stereocenters. The second-order valence-electron chi connectivity index (χ2n) is 5.37. The maximum atomic E-state index is 13.1. The van der Waals surface area contributed by atoms with E-state index in [0.717, 1.165) is 22.0 Å².